The number of para-hydroxylation sites is 2. The van der Waals surface area contributed by atoms with Crippen LogP contribution in [0.15, 0.2) is 164 Å². The Morgan fingerprint density at radius 2 is 1.11 bits per heavy atom. The molecule has 0 saturated carbocycles. The maximum atomic E-state index is 6.34. The first-order valence-electron chi connectivity index (χ1n) is 15.8. The molecule has 0 bridgehead atoms. The van der Waals surface area contributed by atoms with Gasteiger partial charge in [0.05, 0.1) is 11.0 Å². The van der Waals surface area contributed by atoms with E-state index < -0.39 is 0 Å². The normalized spacial score (nSPS) is 12.1. The Hall–Kier alpha value is -6.12. The summed E-state index contributed by atoms with van der Waals surface area (Å²) in [4.78, 5) is 0. The van der Waals surface area contributed by atoms with E-state index >= 15 is 0 Å². The third-order valence-electron chi connectivity index (χ3n) is 9.60. The summed E-state index contributed by atoms with van der Waals surface area (Å²) in [7, 11) is 0. The molecule has 0 amide bonds. The fourth-order valence-corrected chi connectivity index (χ4v) is 7.48. The highest BCUT2D eigenvalue weighted by Gasteiger charge is 2.21. The Kier molecular flexibility index (Phi) is 5.31. The molecule has 2 heteroatoms. The first-order valence-corrected chi connectivity index (χ1v) is 15.8. The van der Waals surface area contributed by atoms with Gasteiger partial charge in [0.1, 0.15) is 11.5 Å². The summed E-state index contributed by atoms with van der Waals surface area (Å²) in [5, 5.41) is 7.43. The quantitative estimate of drug-likeness (QED) is 0.201. The summed E-state index contributed by atoms with van der Waals surface area (Å²) in [6.07, 6.45) is 0. The van der Waals surface area contributed by atoms with Crippen molar-refractivity contribution >= 4 is 43.4 Å². The minimum atomic E-state index is 0.913. The van der Waals surface area contributed by atoms with E-state index in [1.807, 2.05) is 12.1 Å². The molecular weight excluding hydrogens is 558 g/mol. The number of ether oxygens (including phenoxy) is 1. The van der Waals surface area contributed by atoms with Crippen molar-refractivity contribution in [1.29, 1.82) is 0 Å². The van der Waals surface area contributed by atoms with E-state index in [0.29, 0.717) is 0 Å². The number of rotatable bonds is 3. The van der Waals surface area contributed by atoms with Crippen LogP contribution in [-0.4, -0.2) is 4.57 Å². The van der Waals surface area contributed by atoms with Crippen molar-refractivity contribution in [2.45, 2.75) is 0 Å². The van der Waals surface area contributed by atoms with E-state index in [4.69, 9.17) is 4.74 Å². The third kappa shape index (κ3) is 3.65. The van der Waals surface area contributed by atoms with Gasteiger partial charge in [0, 0.05) is 32.8 Å². The van der Waals surface area contributed by atoms with Gasteiger partial charge in [-0.15, -0.1) is 0 Å². The van der Waals surface area contributed by atoms with Crippen LogP contribution in [0.3, 0.4) is 0 Å². The lowest BCUT2D eigenvalue weighted by molar-refractivity contribution is 0.487. The maximum absolute atomic E-state index is 6.34. The first kappa shape index (κ1) is 25.2. The largest absolute Gasteiger partial charge is 0.456 e. The highest BCUT2D eigenvalue weighted by molar-refractivity contribution is 6.19. The third-order valence-corrected chi connectivity index (χ3v) is 9.60. The molecule has 2 nitrogen and oxygen atoms in total. The molecule has 214 valence electrons. The molecule has 0 aliphatic carbocycles. The van der Waals surface area contributed by atoms with Crippen LogP contribution in [-0.2, 0) is 0 Å². The van der Waals surface area contributed by atoms with E-state index in [1.165, 1.54) is 76.9 Å². The molecule has 0 atom stereocenters. The van der Waals surface area contributed by atoms with E-state index in [9.17, 15) is 0 Å². The van der Waals surface area contributed by atoms with E-state index in [0.717, 1.165) is 17.1 Å². The molecule has 9 aromatic rings. The Labute approximate surface area is 266 Å². The van der Waals surface area contributed by atoms with Crippen LogP contribution in [0.25, 0.3) is 82.4 Å². The van der Waals surface area contributed by atoms with Crippen LogP contribution < -0.4 is 4.74 Å². The molecule has 0 unspecified atom stereocenters. The van der Waals surface area contributed by atoms with Gasteiger partial charge in [0.25, 0.3) is 0 Å². The van der Waals surface area contributed by atoms with Crippen LogP contribution in [0, 0.1) is 0 Å². The van der Waals surface area contributed by atoms with Crippen molar-refractivity contribution in [3.05, 3.63) is 164 Å². The van der Waals surface area contributed by atoms with Crippen molar-refractivity contribution in [2.75, 3.05) is 0 Å². The summed E-state index contributed by atoms with van der Waals surface area (Å²) in [6.45, 7) is 0. The van der Waals surface area contributed by atoms with Gasteiger partial charge < -0.3 is 9.30 Å². The van der Waals surface area contributed by atoms with Crippen molar-refractivity contribution in [1.82, 2.24) is 4.57 Å². The SMILES string of the molecule is c1ccc(-n2c3cc(-c4ccc(-c5ccc6c7c(cccc57)-c5ccccc5O6)cc4)ccc3c3ccc4ccccc4c32)cc1. The highest BCUT2D eigenvalue weighted by atomic mass is 16.5. The molecule has 0 radical (unpaired) electrons. The Bertz CT molecular complexity index is 2650. The van der Waals surface area contributed by atoms with Gasteiger partial charge in [0.2, 0.25) is 0 Å². The summed E-state index contributed by atoms with van der Waals surface area (Å²) in [5.74, 6) is 1.83. The lowest BCUT2D eigenvalue weighted by Crippen LogP contribution is -1.97. The predicted molar refractivity (Wildman–Crippen MR) is 192 cm³/mol. The molecule has 0 fully saturated rings. The summed E-state index contributed by atoms with van der Waals surface area (Å²) >= 11 is 0. The van der Waals surface area contributed by atoms with Gasteiger partial charge in [-0.1, -0.05) is 133 Å². The molecule has 1 aliphatic heterocycles. The molecule has 10 rings (SSSR count). The standard InChI is InChI=1S/C44H27NO/c1-2-10-32(11-3-1)45-40-27-31(22-23-35(40)39-24-21-29-9-4-5-12-34(29)44(39)45)28-17-19-30(20-18-28)33-25-26-42-43-37(33)14-8-15-38(43)36-13-6-7-16-41(36)46-42/h1-27H. The van der Waals surface area contributed by atoms with Crippen molar-refractivity contribution in [3.8, 4) is 50.6 Å². The van der Waals surface area contributed by atoms with Crippen molar-refractivity contribution in [3.63, 3.8) is 0 Å². The molecule has 8 aromatic carbocycles. The van der Waals surface area contributed by atoms with E-state index in [1.54, 1.807) is 0 Å². The fraction of sp³-hybridized carbons (Fsp3) is 0. The maximum Gasteiger partial charge on any atom is 0.135 e. The minimum absolute atomic E-state index is 0.913. The van der Waals surface area contributed by atoms with E-state index in [-0.39, 0.29) is 0 Å². The van der Waals surface area contributed by atoms with Gasteiger partial charge in [-0.25, -0.2) is 0 Å². The number of fused-ring (bicyclic) bond motifs is 7. The average Bonchev–Trinajstić information content (AvgIpc) is 3.47. The Balaban J connectivity index is 1.12. The second kappa shape index (κ2) is 9.69. The van der Waals surface area contributed by atoms with Crippen LogP contribution >= 0.6 is 0 Å². The Morgan fingerprint density at radius 3 is 2.02 bits per heavy atom. The van der Waals surface area contributed by atoms with Gasteiger partial charge in [-0.2, -0.15) is 0 Å². The lowest BCUT2D eigenvalue weighted by atomic mass is 9.90. The topological polar surface area (TPSA) is 14.2 Å². The summed E-state index contributed by atoms with van der Waals surface area (Å²) in [5.41, 5.74) is 10.8. The second-order valence-corrected chi connectivity index (χ2v) is 12.1. The van der Waals surface area contributed by atoms with Crippen LogP contribution in [0.5, 0.6) is 11.5 Å². The van der Waals surface area contributed by atoms with Gasteiger partial charge in [-0.3, -0.25) is 0 Å². The zero-order chi connectivity index (χ0) is 30.2. The van der Waals surface area contributed by atoms with Gasteiger partial charge >= 0.3 is 0 Å². The van der Waals surface area contributed by atoms with Gasteiger partial charge in [-0.05, 0) is 68.9 Å². The average molecular weight is 586 g/mol. The van der Waals surface area contributed by atoms with Gasteiger partial charge in [0.15, 0.2) is 0 Å². The highest BCUT2D eigenvalue weighted by Crippen LogP contribution is 2.48. The number of hydrogen-bond acceptors (Lipinski definition) is 1. The number of benzene rings is 8. The number of aromatic nitrogens is 1. The molecule has 0 saturated heterocycles. The molecule has 1 aromatic heterocycles. The van der Waals surface area contributed by atoms with Crippen LogP contribution in [0.1, 0.15) is 0 Å². The number of hydrogen-bond donors (Lipinski definition) is 0. The molecule has 0 spiro atoms. The lowest BCUT2D eigenvalue weighted by Gasteiger charge is -2.22. The molecule has 2 heterocycles. The molecule has 1 aliphatic rings. The number of nitrogens with zero attached hydrogens (tertiary/aromatic N) is 1. The summed E-state index contributed by atoms with van der Waals surface area (Å²) < 4.78 is 8.77. The molecule has 46 heavy (non-hydrogen) atoms. The Morgan fingerprint density at radius 1 is 0.391 bits per heavy atom. The van der Waals surface area contributed by atoms with Crippen molar-refractivity contribution < 1.29 is 4.74 Å². The molecular formula is C44H27NO. The summed E-state index contributed by atoms with van der Waals surface area (Å²) in [6, 6.07) is 59.0. The zero-order valence-corrected chi connectivity index (χ0v) is 24.9. The molecule has 0 N–H and O–H groups in total. The second-order valence-electron chi connectivity index (χ2n) is 12.1. The predicted octanol–water partition coefficient (Wildman–Crippen LogP) is 12.2. The zero-order valence-electron chi connectivity index (χ0n) is 24.9. The fourth-order valence-electron chi connectivity index (χ4n) is 7.48. The first-order chi connectivity index (χ1) is 22.8. The minimum Gasteiger partial charge on any atom is -0.456 e. The smallest absolute Gasteiger partial charge is 0.135 e. The monoisotopic (exact) mass is 585 g/mol. The van der Waals surface area contributed by atoms with E-state index in [2.05, 4.69) is 156 Å². The van der Waals surface area contributed by atoms with Crippen LogP contribution in [0.2, 0.25) is 0 Å². The van der Waals surface area contributed by atoms with Crippen LogP contribution in [0.4, 0.5) is 0 Å². The van der Waals surface area contributed by atoms with Crippen molar-refractivity contribution in [2.24, 2.45) is 0 Å².